The fourth-order valence-electron chi connectivity index (χ4n) is 2.67. The number of benzene rings is 2. The van der Waals surface area contributed by atoms with Crippen molar-refractivity contribution >= 4 is 10.0 Å². The Hall–Kier alpha value is -3.30. The topological polar surface area (TPSA) is 114 Å². The third kappa shape index (κ3) is 3.71. The minimum absolute atomic E-state index is 0.113. The van der Waals surface area contributed by atoms with Gasteiger partial charge in [0.05, 0.1) is 17.6 Å². The van der Waals surface area contributed by atoms with Gasteiger partial charge < -0.3 is 4.42 Å². The van der Waals surface area contributed by atoms with Crippen LogP contribution in [0.5, 0.6) is 0 Å². The van der Waals surface area contributed by atoms with Gasteiger partial charge in [0.1, 0.15) is 5.69 Å². The Bertz CT molecular complexity index is 1180. The van der Waals surface area contributed by atoms with Gasteiger partial charge in [0.2, 0.25) is 15.9 Å². The van der Waals surface area contributed by atoms with E-state index < -0.39 is 10.0 Å². The highest BCUT2D eigenvalue weighted by molar-refractivity contribution is 7.89. The molecule has 4 rings (SSSR count). The standard InChI is InChI=1S/C19H17N5O3S/c1-13-7-9-15(10-8-13)28(25,26)21-12-17-22-24-19(27-17)18-16(11-20-23-18)14-5-3-2-4-6-14/h2-11,21H,12H2,1H3,(H,20,23). The summed E-state index contributed by atoms with van der Waals surface area (Å²) in [7, 11) is -3.67. The molecule has 9 heteroatoms. The first-order chi connectivity index (χ1) is 13.5. The minimum Gasteiger partial charge on any atom is -0.418 e. The molecule has 0 atom stereocenters. The molecule has 0 fully saturated rings. The van der Waals surface area contributed by atoms with E-state index in [1.165, 1.54) is 0 Å². The summed E-state index contributed by atoms with van der Waals surface area (Å²) in [5, 5.41) is 14.8. The van der Waals surface area contributed by atoms with Crippen molar-refractivity contribution in [2.24, 2.45) is 0 Å². The van der Waals surface area contributed by atoms with Crippen LogP contribution in [0, 0.1) is 6.92 Å². The first kappa shape index (κ1) is 18.1. The molecule has 2 N–H and O–H groups in total. The molecule has 0 saturated carbocycles. The van der Waals surface area contributed by atoms with Crippen LogP contribution in [-0.4, -0.2) is 28.8 Å². The maximum absolute atomic E-state index is 12.4. The third-order valence-corrected chi connectivity index (χ3v) is 5.57. The van der Waals surface area contributed by atoms with Crippen LogP contribution in [0.25, 0.3) is 22.7 Å². The van der Waals surface area contributed by atoms with Crippen LogP contribution < -0.4 is 4.72 Å². The van der Waals surface area contributed by atoms with E-state index in [1.54, 1.807) is 30.5 Å². The predicted octanol–water partition coefficient (Wildman–Crippen LogP) is 2.91. The summed E-state index contributed by atoms with van der Waals surface area (Å²) in [5.74, 6) is 0.389. The molecule has 0 unspecified atom stereocenters. The molecular formula is C19H17N5O3S. The number of rotatable bonds is 6. The second kappa shape index (κ2) is 7.37. The Labute approximate surface area is 161 Å². The van der Waals surface area contributed by atoms with Crippen molar-refractivity contribution in [2.75, 3.05) is 0 Å². The van der Waals surface area contributed by atoms with E-state index in [0.717, 1.165) is 16.7 Å². The summed E-state index contributed by atoms with van der Waals surface area (Å²) in [5.41, 5.74) is 3.32. The van der Waals surface area contributed by atoms with Crippen LogP contribution in [0.1, 0.15) is 11.5 Å². The Morgan fingerprint density at radius 3 is 2.54 bits per heavy atom. The molecule has 0 spiro atoms. The molecule has 0 aliphatic rings. The zero-order chi connectivity index (χ0) is 19.6. The van der Waals surface area contributed by atoms with Gasteiger partial charge in [-0.2, -0.15) is 5.10 Å². The van der Waals surface area contributed by atoms with Crippen molar-refractivity contribution in [1.82, 2.24) is 25.1 Å². The second-order valence-corrected chi connectivity index (χ2v) is 7.93. The molecular weight excluding hydrogens is 378 g/mol. The van der Waals surface area contributed by atoms with Gasteiger partial charge in [-0.15, -0.1) is 10.2 Å². The van der Waals surface area contributed by atoms with Crippen molar-refractivity contribution in [3.8, 4) is 22.7 Å². The quantitative estimate of drug-likeness (QED) is 0.519. The fraction of sp³-hybridized carbons (Fsp3) is 0.105. The van der Waals surface area contributed by atoms with E-state index >= 15 is 0 Å². The molecule has 0 amide bonds. The summed E-state index contributed by atoms with van der Waals surface area (Å²) in [6.07, 6.45) is 1.68. The smallest absolute Gasteiger partial charge is 0.266 e. The summed E-state index contributed by atoms with van der Waals surface area (Å²) < 4.78 is 32.8. The van der Waals surface area contributed by atoms with Gasteiger partial charge in [-0.3, -0.25) is 5.10 Å². The van der Waals surface area contributed by atoms with Crippen LogP contribution in [0.15, 0.2) is 70.1 Å². The lowest BCUT2D eigenvalue weighted by atomic mass is 10.1. The maximum atomic E-state index is 12.4. The number of aromatic amines is 1. The summed E-state index contributed by atoms with van der Waals surface area (Å²) in [6.45, 7) is 1.78. The number of aromatic nitrogens is 4. The van der Waals surface area contributed by atoms with E-state index in [4.69, 9.17) is 4.42 Å². The predicted molar refractivity (Wildman–Crippen MR) is 103 cm³/mol. The molecule has 142 valence electrons. The highest BCUT2D eigenvalue weighted by Gasteiger charge is 2.18. The number of hydrogen-bond acceptors (Lipinski definition) is 6. The molecule has 4 aromatic rings. The highest BCUT2D eigenvalue weighted by atomic mass is 32.2. The third-order valence-electron chi connectivity index (χ3n) is 4.15. The average Bonchev–Trinajstić information content (AvgIpc) is 3.37. The van der Waals surface area contributed by atoms with Crippen LogP contribution in [-0.2, 0) is 16.6 Å². The first-order valence-electron chi connectivity index (χ1n) is 8.51. The largest absolute Gasteiger partial charge is 0.418 e. The van der Waals surface area contributed by atoms with Gasteiger partial charge >= 0.3 is 0 Å². The normalized spacial score (nSPS) is 11.6. The van der Waals surface area contributed by atoms with Crippen LogP contribution in [0.4, 0.5) is 0 Å². The number of sulfonamides is 1. The van der Waals surface area contributed by atoms with Gasteiger partial charge in [0, 0.05) is 5.56 Å². The zero-order valence-corrected chi connectivity index (χ0v) is 15.8. The molecule has 0 aliphatic carbocycles. The molecule has 8 nitrogen and oxygen atoms in total. The molecule has 28 heavy (non-hydrogen) atoms. The summed E-state index contributed by atoms with van der Waals surface area (Å²) in [4.78, 5) is 0.178. The van der Waals surface area contributed by atoms with Crippen molar-refractivity contribution in [1.29, 1.82) is 0 Å². The Morgan fingerprint density at radius 2 is 1.79 bits per heavy atom. The minimum atomic E-state index is -3.67. The number of nitrogens with zero attached hydrogens (tertiary/aromatic N) is 3. The zero-order valence-electron chi connectivity index (χ0n) is 15.0. The molecule has 2 aromatic carbocycles. The van der Waals surface area contributed by atoms with Crippen molar-refractivity contribution < 1.29 is 12.8 Å². The lowest BCUT2D eigenvalue weighted by Crippen LogP contribution is -2.23. The average molecular weight is 395 g/mol. The van der Waals surface area contributed by atoms with Crippen molar-refractivity contribution in [2.45, 2.75) is 18.4 Å². The van der Waals surface area contributed by atoms with E-state index in [1.807, 2.05) is 37.3 Å². The van der Waals surface area contributed by atoms with E-state index in [0.29, 0.717) is 5.69 Å². The lowest BCUT2D eigenvalue weighted by molar-refractivity contribution is 0.493. The second-order valence-electron chi connectivity index (χ2n) is 6.16. The fourth-order valence-corrected chi connectivity index (χ4v) is 3.64. The van der Waals surface area contributed by atoms with Gasteiger partial charge in [-0.05, 0) is 24.6 Å². The lowest BCUT2D eigenvalue weighted by Gasteiger charge is -2.04. The van der Waals surface area contributed by atoms with Crippen LogP contribution in [0.2, 0.25) is 0 Å². The van der Waals surface area contributed by atoms with E-state index in [9.17, 15) is 8.42 Å². The monoisotopic (exact) mass is 395 g/mol. The number of H-pyrrole nitrogens is 1. The van der Waals surface area contributed by atoms with E-state index in [-0.39, 0.29) is 23.2 Å². The van der Waals surface area contributed by atoms with Gasteiger partial charge in [-0.25, -0.2) is 13.1 Å². The molecule has 2 aromatic heterocycles. The van der Waals surface area contributed by atoms with Gasteiger partial charge in [-0.1, -0.05) is 48.0 Å². The number of hydrogen-bond donors (Lipinski definition) is 2. The Kier molecular flexibility index (Phi) is 4.76. The number of nitrogens with one attached hydrogen (secondary N) is 2. The molecule has 0 saturated heterocycles. The van der Waals surface area contributed by atoms with Gasteiger partial charge in [0.15, 0.2) is 0 Å². The Morgan fingerprint density at radius 1 is 1.04 bits per heavy atom. The van der Waals surface area contributed by atoms with Crippen LogP contribution >= 0.6 is 0 Å². The summed E-state index contributed by atoms with van der Waals surface area (Å²) >= 11 is 0. The van der Waals surface area contributed by atoms with Crippen molar-refractivity contribution in [3.63, 3.8) is 0 Å². The summed E-state index contributed by atoms with van der Waals surface area (Å²) in [6, 6.07) is 16.2. The SMILES string of the molecule is Cc1ccc(S(=O)(=O)NCc2nnc(-c3[nH]ncc3-c3ccccc3)o2)cc1. The molecule has 2 heterocycles. The first-order valence-corrected chi connectivity index (χ1v) is 9.99. The molecule has 0 bridgehead atoms. The van der Waals surface area contributed by atoms with Crippen molar-refractivity contribution in [3.05, 3.63) is 72.2 Å². The highest BCUT2D eigenvalue weighted by Crippen LogP contribution is 2.29. The number of aryl methyl sites for hydroxylation is 1. The molecule has 0 aliphatic heterocycles. The molecule has 0 radical (unpaired) electrons. The van der Waals surface area contributed by atoms with Crippen LogP contribution in [0.3, 0.4) is 0 Å². The maximum Gasteiger partial charge on any atom is 0.266 e. The Balaban J connectivity index is 1.52. The van der Waals surface area contributed by atoms with Gasteiger partial charge in [0.25, 0.3) is 5.89 Å². The van der Waals surface area contributed by atoms with E-state index in [2.05, 4.69) is 25.1 Å².